The SMILES string of the molecule is N=C(N)c1csc(CNC(=O)C2CCCN2)c1.OCC1CC1. The number of carbonyl (C=O) groups excluding carboxylic acids is 1. The van der Waals surface area contributed by atoms with Gasteiger partial charge >= 0.3 is 0 Å². The van der Waals surface area contributed by atoms with Crippen LogP contribution in [0.3, 0.4) is 0 Å². The van der Waals surface area contributed by atoms with Gasteiger partial charge in [-0.1, -0.05) is 0 Å². The maximum atomic E-state index is 11.7. The number of nitrogens with two attached hydrogens (primary N) is 1. The Balaban J connectivity index is 0.000000299. The summed E-state index contributed by atoms with van der Waals surface area (Å²) in [5, 5.41) is 23.4. The van der Waals surface area contributed by atoms with Crippen molar-refractivity contribution in [1.29, 1.82) is 5.41 Å². The molecule has 2 fully saturated rings. The van der Waals surface area contributed by atoms with E-state index in [1.54, 1.807) is 0 Å². The summed E-state index contributed by atoms with van der Waals surface area (Å²) in [5.41, 5.74) is 6.10. The molecule has 6 nitrogen and oxygen atoms in total. The fraction of sp³-hybridized carbons (Fsp3) is 0.600. The molecule has 22 heavy (non-hydrogen) atoms. The Morgan fingerprint density at radius 1 is 1.50 bits per heavy atom. The van der Waals surface area contributed by atoms with Gasteiger partial charge < -0.3 is 21.5 Å². The van der Waals surface area contributed by atoms with Crippen LogP contribution in [0, 0.1) is 11.3 Å². The van der Waals surface area contributed by atoms with E-state index in [1.807, 2.05) is 11.4 Å². The minimum absolute atomic E-state index is 0.0396. The molecule has 2 aliphatic rings. The molecule has 1 aliphatic heterocycles. The molecular formula is C15H24N4O2S. The van der Waals surface area contributed by atoms with Crippen molar-refractivity contribution >= 4 is 23.1 Å². The van der Waals surface area contributed by atoms with Gasteiger partial charge in [-0.3, -0.25) is 10.2 Å². The van der Waals surface area contributed by atoms with Gasteiger partial charge in [0, 0.05) is 22.4 Å². The Kier molecular flexibility index (Phi) is 6.35. The summed E-state index contributed by atoms with van der Waals surface area (Å²) in [6.07, 6.45) is 4.49. The lowest BCUT2D eigenvalue weighted by Gasteiger charge is -2.09. The van der Waals surface area contributed by atoms with Crippen molar-refractivity contribution in [3.63, 3.8) is 0 Å². The first-order valence-electron chi connectivity index (χ1n) is 7.64. The third-order valence-corrected chi connectivity index (χ3v) is 4.67. The molecule has 3 rings (SSSR count). The van der Waals surface area contributed by atoms with Crippen molar-refractivity contribution in [3.05, 3.63) is 21.9 Å². The first-order valence-corrected chi connectivity index (χ1v) is 8.52. The number of carbonyl (C=O) groups is 1. The second-order valence-corrected chi connectivity index (χ2v) is 6.70. The molecule has 0 aromatic carbocycles. The zero-order valence-electron chi connectivity index (χ0n) is 12.6. The molecule has 1 unspecified atom stereocenters. The molecule has 1 aromatic heterocycles. The number of amides is 1. The molecule has 1 atom stereocenters. The van der Waals surface area contributed by atoms with Crippen molar-refractivity contribution in [3.8, 4) is 0 Å². The molecule has 0 bridgehead atoms. The third-order valence-electron chi connectivity index (χ3n) is 3.73. The Morgan fingerprint density at radius 2 is 2.27 bits per heavy atom. The molecule has 1 saturated carbocycles. The van der Waals surface area contributed by atoms with E-state index in [-0.39, 0.29) is 17.8 Å². The minimum Gasteiger partial charge on any atom is -0.396 e. The van der Waals surface area contributed by atoms with E-state index in [9.17, 15) is 4.79 Å². The Hall–Kier alpha value is -1.44. The summed E-state index contributed by atoms with van der Waals surface area (Å²) in [6.45, 7) is 1.85. The highest BCUT2D eigenvalue weighted by atomic mass is 32.1. The largest absolute Gasteiger partial charge is 0.396 e. The van der Waals surface area contributed by atoms with Crippen molar-refractivity contribution in [1.82, 2.24) is 10.6 Å². The van der Waals surface area contributed by atoms with Gasteiger partial charge in [0.15, 0.2) is 0 Å². The molecule has 0 spiro atoms. The van der Waals surface area contributed by atoms with Crippen molar-refractivity contribution in [2.75, 3.05) is 13.2 Å². The zero-order valence-corrected chi connectivity index (χ0v) is 13.4. The summed E-state index contributed by atoms with van der Waals surface area (Å²) < 4.78 is 0. The van der Waals surface area contributed by atoms with Crippen molar-refractivity contribution in [2.24, 2.45) is 11.7 Å². The lowest BCUT2D eigenvalue weighted by atomic mass is 10.2. The molecule has 122 valence electrons. The predicted octanol–water partition coefficient (Wildman–Crippen LogP) is 0.789. The lowest BCUT2D eigenvalue weighted by molar-refractivity contribution is -0.122. The quantitative estimate of drug-likeness (QED) is 0.407. The maximum absolute atomic E-state index is 11.7. The molecule has 7 heteroatoms. The topological polar surface area (TPSA) is 111 Å². The average Bonchev–Trinajstić information content (AvgIpc) is 3.01. The number of hydrogen-bond donors (Lipinski definition) is 5. The molecule has 1 aliphatic carbocycles. The maximum Gasteiger partial charge on any atom is 0.237 e. The van der Waals surface area contributed by atoms with Crippen LogP contribution in [0.4, 0.5) is 0 Å². The van der Waals surface area contributed by atoms with Crippen LogP contribution in [-0.4, -0.2) is 36.0 Å². The molecule has 2 heterocycles. The Bertz CT molecular complexity index is 507. The summed E-state index contributed by atoms with van der Waals surface area (Å²) in [6, 6.07) is 1.80. The van der Waals surface area contributed by atoms with Crippen LogP contribution >= 0.6 is 11.3 Å². The first-order chi connectivity index (χ1) is 10.6. The van der Waals surface area contributed by atoms with E-state index in [1.165, 1.54) is 24.2 Å². The predicted molar refractivity (Wildman–Crippen MR) is 88.0 cm³/mol. The summed E-state index contributed by atoms with van der Waals surface area (Å²) in [4.78, 5) is 12.7. The van der Waals surface area contributed by atoms with Crippen LogP contribution < -0.4 is 16.4 Å². The van der Waals surface area contributed by atoms with E-state index in [0.717, 1.165) is 29.8 Å². The van der Waals surface area contributed by atoms with E-state index in [4.69, 9.17) is 16.2 Å². The number of aliphatic hydroxyl groups is 1. The highest BCUT2D eigenvalue weighted by molar-refractivity contribution is 7.10. The van der Waals surface area contributed by atoms with E-state index < -0.39 is 0 Å². The number of nitrogen functional groups attached to an aromatic ring is 1. The summed E-state index contributed by atoms with van der Waals surface area (Å²) >= 11 is 1.51. The average molecular weight is 324 g/mol. The van der Waals surface area contributed by atoms with Gasteiger partial charge in [-0.25, -0.2) is 0 Å². The Morgan fingerprint density at radius 3 is 2.73 bits per heavy atom. The van der Waals surface area contributed by atoms with Crippen LogP contribution in [0.25, 0.3) is 0 Å². The van der Waals surface area contributed by atoms with Crippen LogP contribution in [0.1, 0.15) is 36.1 Å². The van der Waals surface area contributed by atoms with Crippen molar-refractivity contribution < 1.29 is 9.90 Å². The number of nitrogens with one attached hydrogen (secondary N) is 3. The lowest BCUT2D eigenvalue weighted by Crippen LogP contribution is -2.39. The van der Waals surface area contributed by atoms with Crippen LogP contribution in [-0.2, 0) is 11.3 Å². The highest BCUT2D eigenvalue weighted by Crippen LogP contribution is 2.27. The van der Waals surface area contributed by atoms with Gasteiger partial charge in [0.1, 0.15) is 5.84 Å². The fourth-order valence-corrected chi connectivity index (χ4v) is 2.94. The van der Waals surface area contributed by atoms with Gasteiger partial charge in [-0.05, 0) is 44.2 Å². The molecule has 1 amide bonds. The summed E-state index contributed by atoms with van der Waals surface area (Å²) in [7, 11) is 0. The normalized spacial score (nSPS) is 20.1. The fourth-order valence-electron chi connectivity index (χ4n) is 2.12. The molecule has 6 N–H and O–H groups in total. The van der Waals surface area contributed by atoms with E-state index >= 15 is 0 Å². The third kappa shape index (κ3) is 5.40. The zero-order chi connectivity index (χ0) is 15.9. The molecular weight excluding hydrogens is 300 g/mol. The standard InChI is InChI=1S/C11H16N4OS.C4H8O/c12-10(13)7-4-8(17-6-7)5-15-11(16)9-2-1-3-14-9;5-3-4-1-2-4/h4,6,9,14H,1-3,5H2,(H3,12,13)(H,15,16);4-5H,1-3H2. The monoisotopic (exact) mass is 324 g/mol. The van der Waals surface area contributed by atoms with Crippen molar-refractivity contribution in [2.45, 2.75) is 38.3 Å². The van der Waals surface area contributed by atoms with Gasteiger partial charge in [-0.2, -0.15) is 0 Å². The van der Waals surface area contributed by atoms with E-state index in [2.05, 4.69) is 10.6 Å². The van der Waals surface area contributed by atoms with Crippen LogP contribution in [0.2, 0.25) is 0 Å². The molecule has 0 radical (unpaired) electrons. The van der Waals surface area contributed by atoms with Gasteiger partial charge in [-0.15, -0.1) is 11.3 Å². The van der Waals surface area contributed by atoms with Crippen LogP contribution in [0.5, 0.6) is 0 Å². The summed E-state index contributed by atoms with van der Waals surface area (Å²) in [5.74, 6) is 0.812. The first kappa shape index (κ1) is 16.9. The van der Waals surface area contributed by atoms with Crippen LogP contribution in [0.15, 0.2) is 11.4 Å². The van der Waals surface area contributed by atoms with Gasteiger partial charge in [0.25, 0.3) is 0 Å². The number of amidine groups is 1. The van der Waals surface area contributed by atoms with E-state index in [0.29, 0.717) is 19.1 Å². The highest BCUT2D eigenvalue weighted by Gasteiger charge is 2.21. The smallest absolute Gasteiger partial charge is 0.237 e. The number of rotatable bonds is 5. The van der Waals surface area contributed by atoms with Gasteiger partial charge in [0.05, 0.1) is 12.6 Å². The number of thiophene rings is 1. The Labute approximate surface area is 134 Å². The molecule has 1 aromatic rings. The minimum atomic E-state index is -0.0396. The molecule has 1 saturated heterocycles. The second-order valence-electron chi connectivity index (χ2n) is 5.71. The number of aliphatic hydroxyl groups excluding tert-OH is 1. The van der Waals surface area contributed by atoms with Gasteiger partial charge in [0.2, 0.25) is 5.91 Å². The number of hydrogen-bond acceptors (Lipinski definition) is 5. The second kappa shape index (κ2) is 8.26.